The zero-order valence-electron chi connectivity index (χ0n) is 11.5. The van der Waals surface area contributed by atoms with Crippen LogP contribution in [0.1, 0.15) is 34.1 Å². The average Bonchev–Trinajstić information content (AvgIpc) is 2.30. The Labute approximate surface area is 105 Å². The van der Waals surface area contributed by atoms with Gasteiger partial charge in [0, 0.05) is 6.42 Å². The van der Waals surface area contributed by atoms with E-state index in [2.05, 4.69) is 25.3 Å². The predicted octanol–water partition coefficient (Wildman–Crippen LogP) is 1.77. The molecule has 0 spiro atoms. The summed E-state index contributed by atoms with van der Waals surface area (Å²) in [7, 11) is -4.06. The monoisotopic (exact) mass is 267 g/mol. The van der Waals surface area contributed by atoms with Crippen molar-refractivity contribution >= 4 is 7.82 Å². The topological polar surface area (TPSA) is 58.6 Å². The van der Waals surface area contributed by atoms with Crippen molar-refractivity contribution in [3.8, 4) is 0 Å². The normalized spacial score (nSPS) is 15.8. The van der Waals surface area contributed by atoms with Gasteiger partial charge in [-0.25, -0.2) is 0 Å². The molecular formula is C11H26NO4P. The van der Waals surface area contributed by atoms with Crippen LogP contribution in [0.25, 0.3) is 0 Å². The van der Waals surface area contributed by atoms with Gasteiger partial charge in [0.15, 0.2) is 0 Å². The van der Waals surface area contributed by atoms with Crippen molar-refractivity contribution in [2.24, 2.45) is 0 Å². The fraction of sp³-hybridized carbons (Fsp3) is 1.00. The molecule has 0 aromatic carbocycles. The Hall–Kier alpha value is 0.0700. The van der Waals surface area contributed by atoms with Gasteiger partial charge in [-0.05, 0) is 27.7 Å². The number of quaternary nitrogens is 1. The van der Waals surface area contributed by atoms with Crippen molar-refractivity contribution in [3.63, 3.8) is 0 Å². The molecule has 0 heterocycles. The maximum atomic E-state index is 11.1. The number of phosphoric acid groups is 1. The highest BCUT2D eigenvalue weighted by molar-refractivity contribution is 7.45. The van der Waals surface area contributed by atoms with Crippen LogP contribution in [0.5, 0.6) is 0 Å². The highest BCUT2D eigenvalue weighted by Gasteiger charge is 2.20. The number of phosphoric ester groups is 1. The molecule has 0 bridgehead atoms. The van der Waals surface area contributed by atoms with Crippen molar-refractivity contribution in [3.05, 3.63) is 0 Å². The van der Waals surface area contributed by atoms with Crippen molar-refractivity contribution < 1.29 is 23.0 Å². The van der Waals surface area contributed by atoms with Gasteiger partial charge in [-0.15, -0.1) is 0 Å². The lowest BCUT2D eigenvalue weighted by Gasteiger charge is -2.36. The maximum Gasteiger partial charge on any atom is 0.267 e. The van der Waals surface area contributed by atoms with Crippen molar-refractivity contribution in [2.45, 2.75) is 34.1 Å². The minimum Gasteiger partial charge on any atom is -0.756 e. The molecule has 0 aliphatic heterocycles. The lowest BCUT2D eigenvalue weighted by atomic mass is 10.3. The summed E-state index contributed by atoms with van der Waals surface area (Å²) in [6.45, 7) is 12.6. The molecule has 0 saturated carbocycles. The lowest BCUT2D eigenvalue weighted by Crippen LogP contribution is -2.48. The highest BCUT2D eigenvalue weighted by Crippen LogP contribution is 2.37. The molecule has 0 N–H and O–H groups in total. The Balaban J connectivity index is 3.94. The first-order chi connectivity index (χ1) is 7.95. The average molecular weight is 267 g/mol. The first-order valence-corrected chi connectivity index (χ1v) is 7.86. The third kappa shape index (κ3) is 6.53. The molecule has 0 aromatic rings. The highest BCUT2D eigenvalue weighted by atomic mass is 31.2. The molecular weight excluding hydrogens is 241 g/mol. The number of hydrogen-bond acceptors (Lipinski definition) is 4. The molecule has 17 heavy (non-hydrogen) atoms. The van der Waals surface area contributed by atoms with Crippen LogP contribution in [0.2, 0.25) is 0 Å². The lowest BCUT2D eigenvalue weighted by molar-refractivity contribution is -0.923. The second-order valence-electron chi connectivity index (χ2n) is 4.07. The molecule has 1 unspecified atom stereocenters. The number of rotatable bonds is 10. The number of nitrogens with zero attached hydrogens (tertiary/aromatic N) is 1. The minimum absolute atomic E-state index is 0.125. The molecule has 0 radical (unpaired) electrons. The van der Waals surface area contributed by atoms with Crippen LogP contribution in [0.3, 0.4) is 0 Å². The molecule has 0 saturated heterocycles. The van der Waals surface area contributed by atoms with Crippen LogP contribution >= 0.6 is 7.82 Å². The van der Waals surface area contributed by atoms with Crippen LogP contribution in [-0.4, -0.2) is 43.9 Å². The Bertz CT molecular complexity index is 235. The summed E-state index contributed by atoms with van der Waals surface area (Å²) in [6, 6.07) is 0. The van der Waals surface area contributed by atoms with E-state index in [1.54, 1.807) is 6.92 Å². The Morgan fingerprint density at radius 2 is 1.59 bits per heavy atom. The van der Waals surface area contributed by atoms with Crippen LogP contribution in [-0.2, 0) is 13.6 Å². The van der Waals surface area contributed by atoms with E-state index in [9.17, 15) is 9.46 Å². The third-order valence-electron chi connectivity index (χ3n) is 3.33. The zero-order valence-corrected chi connectivity index (χ0v) is 12.4. The van der Waals surface area contributed by atoms with Gasteiger partial charge in [0.1, 0.15) is 0 Å². The van der Waals surface area contributed by atoms with E-state index in [0.717, 1.165) is 37.1 Å². The van der Waals surface area contributed by atoms with Crippen molar-refractivity contribution in [1.29, 1.82) is 0 Å². The Morgan fingerprint density at radius 1 is 1.06 bits per heavy atom. The molecule has 0 aliphatic carbocycles. The summed E-state index contributed by atoms with van der Waals surface area (Å²) in [6.07, 6.45) is 0.731. The van der Waals surface area contributed by atoms with E-state index in [1.165, 1.54) is 0 Å². The van der Waals surface area contributed by atoms with Crippen LogP contribution in [0.15, 0.2) is 0 Å². The van der Waals surface area contributed by atoms with E-state index in [0.29, 0.717) is 0 Å². The fourth-order valence-electron chi connectivity index (χ4n) is 1.92. The maximum absolute atomic E-state index is 11.1. The predicted molar refractivity (Wildman–Crippen MR) is 66.6 cm³/mol. The standard InChI is InChI=1S/C11H26NO4P/c1-5-12(6-2,7-3)10-9-11-16-17(13,14)15-8-4/h5-11H2,1-4H3. The third-order valence-corrected chi connectivity index (χ3v) is 4.40. The van der Waals surface area contributed by atoms with E-state index in [4.69, 9.17) is 4.52 Å². The molecule has 1 atom stereocenters. The molecule has 104 valence electrons. The molecule has 0 aliphatic rings. The molecule has 0 amide bonds. The summed E-state index contributed by atoms with van der Waals surface area (Å²) < 4.78 is 21.4. The Kier molecular flexibility index (Phi) is 8.25. The zero-order chi connectivity index (χ0) is 13.4. The SMILES string of the molecule is CCOP(=O)([O-])OCCC[N+](CC)(CC)CC. The second kappa shape index (κ2) is 8.22. The second-order valence-corrected chi connectivity index (χ2v) is 5.48. The van der Waals surface area contributed by atoms with Crippen LogP contribution in [0.4, 0.5) is 0 Å². The molecule has 0 fully saturated rings. The summed E-state index contributed by atoms with van der Waals surface area (Å²) in [5.41, 5.74) is 0. The number of hydrogen-bond donors (Lipinski definition) is 0. The minimum atomic E-state index is -4.06. The quantitative estimate of drug-likeness (QED) is 0.344. The summed E-state index contributed by atoms with van der Waals surface area (Å²) in [4.78, 5) is 11.1. The van der Waals surface area contributed by atoms with Gasteiger partial charge in [0.2, 0.25) is 0 Å². The fourth-order valence-corrected chi connectivity index (χ4v) is 2.66. The molecule has 6 heteroatoms. The summed E-state index contributed by atoms with van der Waals surface area (Å²) in [5, 5.41) is 0. The van der Waals surface area contributed by atoms with E-state index < -0.39 is 7.82 Å². The molecule has 0 aromatic heterocycles. The van der Waals surface area contributed by atoms with Gasteiger partial charge >= 0.3 is 0 Å². The van der Waals surface area contributed by atoms with E-state index >= 15 is 0 Å². The Morgan fingerprint density at radius 3 is 2.00 bits per heavy atom. The van der Waals surface area contributed by atoms with E-state index in [1.807, 2.05) is 0 Å². The first-order valence-electron chi connectivity index (χ1n) is 6.40. The van der Waals surface area contributed by atoms with Gasteiger partial charge < -0.3 is 18.4 Å². The van der Waals surface area contributed by atoms with Gasteiger partial charge in [-0.1, -0.05) is 0 Å². The van der Waals surface area contributed by atoms with Gasteiger partial charge in [-0.3, -0.25) is 4.57 Å². The first kappa shape index (κ1) is 17.1. The van der Waals surface area contributed by atoms with Gasteiger partial charge in [0.25, 0.3) is 7.82 Å². The van der Waals surface area contributed by atoms with Crippen LogP contribution < -0.4 is 4.89 Å². The van der Waals surface area contributed by atoms with Gasteiger partial charge in [-0.2, -0.15) is 0 Å². The van der Waals surface area contributed by atoms with E-state index in [-0.39, 0.29) is 13.2 Å². The largest absolute Gasteiger partial charge is 0.756 e. The van der Waals surface area contributed by atoms with Crippen molar-refractivity contribution in [2.75, 3.05) is 39.4 Å². The van der Waals surface area contributed by atoms with Crippen LogP contribution in [0, 0.1) is 0 Å². The van der Waals surface area contributed by atoms with Crippen molar-refractivity contribution in [1.82, 2.24) is 0 Å². The molecule has 0 rings (SSSR count). The smallest absolute Gasteiger partial charge is 0.267 e. The summed E-state index contributed by atoms with van der Waals surface area (Å²) >= 11 is 0. The molecule has 5 nitrogen and oxygen atoms in total. The summed E-state index contributed by atoms with van der Waals surface area (Å²) in [5.74, 6) is 0. The van der Waals surface area contributed by atoms with Gasteiger partial charge in [0.05, 0.1) is 39.4 Å².